The maximum atomic E-state index is 11.0. The minimum atomic E-state index is 0.304. The molecule has 1 fully saturated rings. The van der Waals surface area contributed by atoms with Crippen LogP contribution in [0.15, 0.2) is 54.6 Å². The zero-order valence-electron chi connectivity index (χ0n) is 18.4. The van der Waals surface area contributed by atoms with Crippen molar-refractivity contribution >= 4 is 18.5 Å². The summed E-state index contributed by atoms with van der Waals surface area (Å²) in [6.07, 6.45) is 16.2. The van der Waals surface area contributed by atoms with E-state index in [0.29, 0.717) is 24.0 Å². The van der Waals surface area contributed by atoms with Gasteiger partial charge in [-0.15, -0.1) is 0 Å². The van der Waals surface area contributed by atoms with Crippen molar-refractivity contribution in [2.45, 2.75) is 66.1 Å². The van der Waals surface area contributed by atoms with Gasteiger partial charge >= 0.3 is 0 Å². The Balaban J connectivity index is 1.82. The second kappa shape index (κ2) is 12.1. The molecular formula is C26H39BO. The maximum Gasteiger partial charge on any atom is 0.158 e. The van der Waals surface area contributed by atoms with Gasteiger partial charge in [0.05, 0.1) is 0 Å². The first-order valence-electron chi connectivity index (χ1n) is 11.3. The Hall–Kier alpha value is -1.57. The summed E-state index contributed by atoms with van der Waals surface area (Å²) in [6.45, 7) is 8.89. The van der Waals surface area contributed by atoms with Crippen molar-refractivity contribution < 1.29 is 4.79 Å². The molecule has 0 radical (unpaired) electrons. The molecule has 0 unspecified atom stereocenters. The quantitative estimate of drug-likeness (QED) is 0.263. The number of rotatable bonds is 11. The third kappa shape index (κ3) is 7.82. The summed E-state index contributed by atoms with van der Waals surface area (Å²) in [5.41, 5.74) is 1.44. The molecule has 1 aliphatic carbocycles. The summed E-state index contributed by atoms with van der Waals surface area (Å²) in [6, 6.07) is 10.8. The molecule has 1 nitrogen and oxygen atoms in total. The predicted molar refractivity (Wildman–Crippen MR) is 125 cm³/mol. The average molecular weight is 378 g/mol. The van der Waals surface area contributed by atoms with Gasteiger partial charge in [-0.05, 0) is 62.2 Å². The highest BCUT2D eigenvalue weighted by Crippen LogP contribution is 2.44. The number of unbranched alkanes of at least 4 members (excludes halogenated alkanes) is 1. The van der Waals surface area contributed by atoms with Crippen LogP contribution < -0.4 is 5.46 Å². The Morgan fingerprint density at radius 2 is 1.93 bits per heavy atom. The molecular weight excluding hydrogens is 339 g/mol. The lowest BCUT2D eigenvalue weighted by atomic mass is 9.64. The summed E-state index contributed by atoms with van der Waals surface area (Å²) in [4.78, 5) is 11.0. The summed E-state index contributed by atoms with van der Waals surface area (Å²) in [5.74, 6) is 3.98. The number of hydrogen-bond acceptors (Lipinski definition) is 1. The van der Waals surface area contributed by atoms with Gasteiger partial charge in [-0.1, -0.05) is 87.2 Å². The third-order valence-electron chi connectivity index (χ3n) is 6.49. The van der Waals surface area contributed by atoms with E-state index in [1.54, 1.807) is 6.92 Å². The lowest BCUT2D eigenvalue weighted by Gasteiger charge is -2.21. The van der Waals surface area contributed by atoms with E-state index in [9.17, 15) is 4.79 Å². The Kier molecular flexibility index (Phi) is 9.81. The highest BCUT2D eigenvalue weighted by atomic mass is 16.1. The molecule has 0 bridgehead atoms. The number of carbonyl (C=O) groups is 1. The van der Waals surface area contributed by atoms with Gasteiger partial charge in [0.15, 0.2) is 7.28 Å². The van der Waals surface area contributed by atoms with E-state index >= 15 is 0 Å². The van der Waals surface area contributed by atoms with Gasteiger partial charge in [0.1, 0.15) is 5.78 Å². The van der Waals surface area contributed by atoms with Gasteiger partial charge in [0, 0.05) is 6.42 Å². The van der Waals surface area contributed by atoms with Crippen LogP contribution in [-0.4, -0.2) is 13.1 Å². The summed E-state index contributed by atoms with van der Waals surface area (Å²) in [5, 5.41) is 0. The van der Waals surface area contributed by atoms with Crippen LogP contribution in [0.4, 0.5) is 0 Å². The predicted octanol–water partition coefficient (Wildman–Crippen LogP) is 5.97. The van der Waals surface area contributed by atoms with Crippen LogP contribution in [-0.2, 0) is 4.79 Å². The minimum Gasteiger partial charge on any atom is -0.300 e. The average Bonchev–Trinajstić information content (AvgIpc) is 2.94. The molecule has 28 heavy (non-hydrogen) atoms. The molecule has 2 rings (SSSR count). The Morgan fingerprint density at radius 1 is 1.18 bits per heavy atom. The van der Waals surface area contributed by atoms with E-state index in [1.165, 1.54) is 24.6 Å². The van der Waals surface area contributed by atoms with E-state index in [0.717, 1.165) is 37.9 Å². The fourth-order valence-corrected chi connectivity index (χ4v) is 4.73. The molecule has 0 heterocycles. The summed E-state index contributed by atoms with van der Waals surface area (Å²) in [7, 11) is 1.16. The molecule has 152 valence electrons. The molecule has 0 amide bonds. The molecule has 5 atom stereocenters. The van der Waals surface area contributed by atoms with Crippen LogP contribution >= 0.6 is 0 Å². The number of benzene rings is 1. The van der Waals surface area contributed by atoms with Crippen molar-refractivity contribution in [3.05, 3.63) is 54.6 Å². The molecule has 1 aliphatic rings. The number of ketones is 1. The Labute approximate surface area is 173 Å². The van der Waals surface area contributed by atoms with E-state index < -0.39 is 0 Å². The van der Waals surface area contributed by atoms with Gasteiger partial charge in [-0.3, -0.25) is 0 Å². The van der Waals surface area contributed by atoms with E-state index in [1.807, 2.05) is 0 Å². The molecule has 0 spiro atoms. The molecule has 2 heteroatoms. The molecule has 0 N–H and O–H groups in total. The van der Waals surface area contributed by atoms with Crippen LogP contribution in [0.1, 0.15) is 59.8 Å². The van der Waals surface area contributed by atoms with Crippen molar-refractivity contribution in [3.63, 3.8) is 0 Å². The van der Waals surface area contributed by atoms with Crippen LogP contribution in [0.25, 0.3) is 0 Å². The molecule has 1 saturated carbocycles. The number of carbonyl (C=O) groups excluding carboxylic acids is 1. The van der Waals surface area contributed by atoms with Crippen LogP contribution in [0.2, 0.25) is 6.32 Å². The molecule has 1 aromatic rings. The fourth-order valence-electron chi connectivity index (χ4n) is 4.73. The van der Waals surface area contributed by atoms with Crippen molar-refractivity contribution in [1.82, 2.24) is 0 Å². The van der Waals surface area contributed by atoms with E-state index in [2.05, 4.69) is 75.4 Å². The normalized spacial score (nSPS) is 26.1. The Bertz CT molecular complexity index is 633. The SMILES string of the molecule is CC(=O)CCC/C=C\C[C@@H]1[C@@H](/C=C/[C@@H](C)CBc2ccccc2)[C@H](C)C[C@@H]1C. The Morgan fingerprint density at radius 3 is 2.64 bits per heavy atom. The lowest BCUT2D eigenvalue weighted by molar-refractivity contribution is -0.117. The summed E-state index contributed by atoms with van der Waals surface area (Å²) >= 11 is 0. The van der Waals surface area contributed by atoms with Gasteiger partial charge < -0.3 is 4.79 Å². The fraction of sp³-hybridized carbons (Fsp3) is 0.577. The smallest absolute Gasteiger partial charge is 0.158 e. The first kappa shape index (κ1) is 22.7. The first-order valence-corrected chi connectivity index (χ1v) is 11.3. The highest BCUT2D eigenvalue weighted by molar-refractivity contribution is 6.53. The molecule has 1 aromatic carbocycles. The molecule has 0 aromatic heterocycles. The van der Waals surface area contributed by atoms with Crippen molar-refractivity contribution in [3.8, 4) is 0 Å². The van der Waals surface area contributed by atoms with Crippen LogP contribution in [0.3, 0.4) is 0 Å². The molecule has 0 aliphatic heterocycles. The monoisotopic (exact) mass is 378 g/mol. The molecule has 0 saturated heterocycles. The zero-order chi connectivity index (χ0) is 20.4. The second-order valence-corrected chi connectivity index (χ2v) is 9.12. The maximum absolute atomic E-state index is 11.0. The second-order valence-electron chi connectivity index (χ2n) is 9.12. The minimum absolute atomic E-state index is 0.304. The topological polar surface area (TPSA) is 17.1 Å². The zero-order valence-corrected chi connectivity index (χ0v) is 18.4. The summed E-state index contributed by atoms with van der Waals surface area (Å²) < 4.78 is 0. The number of allylic oxidation sites excluding steroid dienone is 4. The van der Waals surface area contributed by atoms with E-state index in [-0.39, 0.29) is 0 Å². The number of hydrogen-bond donors (Lipinski definition) is 0. The largest absolute Gasteiger partial charge is 0.300 e. The number of Topliss-reactive ketones (excluding diaryl/α,β-unsaturated/α-hetero) is 1. The van der Waals surface area contributed by atoms with Gasteiger partial charge in [0.25, 0.3) is 0 Å². The van der Waals surface area contributed by atoms with E-state index in [4.69, 9.17) is 0 Å². The van der Waals surface area contributed by atoms with Gasteiger partial charge in [-0.25, -0.2) is 0 Å². The highest BCUT2D eigenvalue weighted by Gasteiger charge is 2.36. The standard InChI is InChI=1S/C26H39BO/c1-20(19-27-24-13-9-7-10-14-24)16-17-26-22(3)18-21(2)25(26)15-11-6-5-8-12-23(4)28/h6-7,9-11,13-14,16-17,20-22,25-27H,5,8,12,15,18-19H2,1-4H3/b11-6-,17-16+/t20-,21+,22-,25+,26+/m1/s1. The third-order valence-corrected chi connectivity index (χ3v) is 6.49. The van der Waals surface area contributed by atoms with Crippen LogP contribution in [0, 0.1) is 29.6 Å². The van der Waals surface area contributed by atoms with Gasteiger partial charge in [-0.2, -0.15) is 0 Å². The van der Waals surface area contributed by atoms with Crippen molar-refractivity contribution in [1.29, 1.82) is 0 Å². The van der Waals surface area contributed by atoms with Gasteiger partial charge in [0.2, 0.25) is 0 Å². The first-order chi connectivity index (χ1) is 13.5. The van der Waals surface area contributed by atoms with Crippen molar-refractivity contribution in [2.24, 2.45) is 29.6 Å². The van der Waals surface area contributed by atoms with Crippen LogP contribution in [0.5, 0.6) is 0 Å². The van der Waals surface area contributed by atoms with Crippen molar-refractivity contribution in [2.75, 3.05) is 0 Å². The lowest BCUT2D eigenvalue weighted by Crippen LogP contribution is -2.16.